The maximum Gasteiger partial charge on any atom is 0.410 e. The van der Waals surface area contributed by atoms with E-state index in [2.05, 4.69) is 0 Å². The highest BCUT2D eigenvalue weighted by molar-refractivity contribution is 5.96. The number of ether oxygens (including phenoxy) is 2. The van der Waals surface area contributed by atoms with E-state index in [1.165, 1.54) is 6.07 Å². The van der Waals surface area contributed by atoms with E-state index >= 15 is 0 Å². The van der Waals surface area contributed by atoms with Crippen LogP contribution in [0.25, 0.3) is 0 Å². The standard InChI is InChI=1S/C18H25N3O6/c1-11-9-15(13(16(19)22)10-14(11)21(24)25)26-12-5-7-20(8-6-12)17(23)27-18(2,3)4/h9-10,12H,5-8H2,1-4H3,(H2,19,22). The molecule has 1 saturated heterocycles. The summed E-state index contributed by atoms with van der Waals surface area (Å²) < 4.78 is 11.2. The summed E-state index contributed by atoms with van der Waals surface area (Å²) in [6.07, 6.45) is 0.494. The molecule has 0 spiro atoms. The van der Waals surface area contributed by atoms with E-state index in [0.29, 0.717) is 31.5 Å². The molecule has 1 aromatic carbocycles. The van der Waals surface area contributed by atoms with Crippen LogP contribution in [0.15, 0.2) is 12.1 Å². The minimum atomic E-state index is -0.792. The average molecular weight is 379 g/mol. The van der Waals surface area contributed by atoms with Gasteiger partial charge in [-0.2, -0.15) is 0 Å². The first kappa shape index (κ1) is 20.5. The largest absolute Gasteiger partial charge is 0.489 e. The van der Waals surface area contributed by atoms with Crippen LogP contribution in [0, 0.1) is 17.0 Å². The zero-order valence-electron chi connectivity index (χ0n) is 16.0. The number of nitro benzene ring substituents is 1. The summed E-state index contributed by atoms with van der Waals surface area (Å²) >= 11 is 0. The molecule has 1 heterocycles. The fourth-order valence-electron chi connectivity index (χ4n) is 2.82. The first-order valence-corrected chi connectivity index (χ1v) is 8.71. The van der Waals surface area contributed by atoms with Gasteiger partial charge in [0.25, 0.3) is 11.6 Å². The van der Waals surface area contributed by atoms with Crippen LogP contribution in [-0.2, 0) is 4.74 Å². The fourth-order valence-corrected chi connectivity index (χ4v) is 2.82. The fraction of sp³-hybridized carbons (Fsp3) is 0.556. The van der Waals surface area contributed by atoms with Crippen molar-refractivity contribution >= 4 is 17.7 Å². The van der Waals surface area contributed by atoms with Gasteiger partial charge in [-0.15, -0.1) is 0 Å². The lowest BCUT2D eigenvalue weighted by molar-refractivity contribution is -0.385. The Morgan fingerprint density at radius 3 is 2.33 bits per heavy atom. The molecular formula is C18H25N3O6. The lowest BCUT2D eigenvalue weighted by atomic mass is 10.1. The minimum Gasteiger partial charge on any atom is -0.489 e. The van der Waals surface area contributed by atoms with Gasteiger partial charge in [-0.1, -0.05) is 0 Å². The molecule has 0 radical (unpaired) electrons. The van der Waals surface area contributed by atoms with Crippen molar-refractivity contribution in [2.45, 2.75) is 52.2 Å². The highest BCUT2D eigenvalue weighted by atomic mass is 16.6. The van der Waals surface area contributed by atoms with Crippen LogP contribution >= 0.6 is 0 Å². The quantitative estimate of drug-likeness (QED) is 0.633. The number of piperidine rings is 1. The highest BCUT2D eigenvalue weighted by Gasteiger charge is 2.29. The molecule has 9 heteroatoms. The summed E-state index contributed by atoms with van der Waals surface area (Å²) in [5.74, 6) is -0.569. The molecular weight excluding hydrogens is 354 g/mol. The molecule has 1 aliphatic heterocycles. The van der Waals surface area contributed by atoms with Crippen molar-refractivity contribution in [3.63, 3.8) is 0 Å². The Kier molecular flexibility index (Phi) is 5.92. The molecule has 0 saturated carbocycles. The van der Waals surface area contributed by atoms with E-state index in [1.807, 2.05) is 20.8 Å². The number of nitro groups is 1. The Morgan fingerprint density at radius 2 is 1.85 bits per heavy atom. The Morgan fingerprint density at radius 1 is 1.26 bits per heavy atom. The number of likely N-dealkylation sites (tertiary alicyclic amines) is 1. The zero-order valence-corrected chi connectivity index (χ0v) is 16.0. The van der Waals surface area contributed by atoms with Gasteiger partial charge in [0, 0.05) is 37.6 Å². The molecule has 0 aliphatic carbocycles. The van der Waals surface area contributed by atoms with Gasteiger partial charge in [-0.25, -0.2) is 4.79 Å². The molecule has 1 fully saturated rings. The number of aryl methyl sites for hydroxylation is 1. The van der Waals surface area contributed by atoms with Gasteiger partial charge in [0.05, 0.1) is 10.5 Å². The van der Waals surface area contributed by atoms with Crippen LogP contribution < -0.4 is 10.5 Å². The number of primary amides is 1. The van der Waals surface area contributed by atoms with Gasteiger partial charge in [-0.3, -0.25) is 14.9 Å². The number of nitrogens with zero attached hydrogens (tertiary/aromatic N) is 2. The predicted molar refractivity (Wildman–Crippen MR) is 97.8 cm³/mol. The molecule has 9 nitrogen and oxygen atoms in total. The molecule has 2 amide bonds. The molecule has 27 heavy (non-hydrogen) atoms. The molecule has 1 aromatic rings. The molecule has 0 aromatic heterocycles. The normalized spacial score (nSPS) is 15.3. The molecule has 148 valence electrons. The van der Waals surface area contributed by atoms with Crippen LogP contribution in [0.4, 0.5) is 10.5 Å². The van der Waals surface area contributed by atoms with Crippen molar-refractivity contribution in [1.82, 2.24) is 4.90 Å². The monoisotopic (exact) mass is 379 g/mol. The third kappa shape index (κ3) is 5.32. The van der Waals surface area contributed by atoms with Gasteiger partial charge in [0.15, 0.2) is 0 Å². The van der Waals surface area contributed by atoms with Crippen LogP contribution in [0.3, 0.4) is 0 Å². The Bertz CT molecular complexity index is 748. The summed E-state index contributed by atoms with van der Waals surface area (Å²) in [6.45, 7) is 7.91. The van der Waals surface area contributed by atoms with E-state index in [9.17, 15) is 19.7 Å². The van der Waals surface area contributed by atoms with Crippen molar-refractivity contribution < 1.29 is 24.0 Å². The summed E-state index contributed by atoms with van der Waals surface area (Å²) in [5.41, 5.74) is 4.96. The number of carbonyl (C=O) groups excluding carboxylic acids is 2. The lowest BCUT2D eigenvalue weighted by Crippen LogP contribution is -2.44. The maximum absolute atomic E-state index is 12.1. The van der Waals surface area contributed by atoms with Crippen molar-refractivity contribution in [2.75, 3.05) is 13.1 Å². The molecule has 0 atom stereocenters. The van der Waals surface area contributed by atoms with E-state index in [-0.39, 0.29) is 29.2 Å². The SMILES string of the molecule is Cc1cc(OC2CCN(C(=O)OC(C)(C)C)CC2)c(C(N)=O)cc1[N+](=O)[O-]. The van der Waals surface area contributed by atoms with Crippen LogP contribution in [-0.4, -0.2) is 46.6 Å². The first-order valence-electron chi connectivity index (χ1n) is 8.71. The first-order chi connectivity index (χ1) is 12.5. The van der Waals surface area contributed by atoms with Crippen molar-refractivity contribution in [3.05, 3.63) is 33.4 Å². The number of carbonyl (C=O) groups is 2. The van der Waals surface area contributed by atoms with Crippen LogP contribution in [0.5, 0.6) is 5.75 Å². The number of hydrogen-bond acceptors (Lipinski definition) is 6. The smallest absolute Gasteiger partial charge is 0.410 e. The molecule has 0 bridgehead atoms. The van der Waals surface area contributed by atoms with Crippen LogP contribution in [0.2, 0.25) is 0 Å². The van der Waals surface area contributed by atoms with Gasteiger partial charge >= 0.3 is 6.09 Å². The second-order valence-corrected chi connectivity index (χ2v) is 7.54. The van der Waals surface area contributed by atoms with Crippen molar-refractivity contribution in [3.8, 4) is 5.75 Å². The second-order valence-electron chi connectivity index (χ2n) is 7.54. The summed E-state index contributed by atoms with van der Waals surface area (Å²) in [4.78, 5) is 35.9. The molecule has 0 unspecified atom stereocenters. The molecule has 2 N–H and O–H groups in total. The van der Waals surface area contributed by atoms with E-state index in [0.717, 1.165) is 6.07 Å². The maximum atomic E-state index is 12.1. The average Bonchev–Trinajstić information content (AvgIpc) is 2.53. The van der Waals surface area contributed by atoms with E-state index in [4.69, 9.17) is 15.2 Å². The Hall–Kier alpha value is -2.84. The number of benzene rings is 1. The Labute approximate surface area is 157 Å². The van der Waals surface area contributed by atoms with Crippen molar-refractivity contribution in [2.24, 2.45) is 5.73 Å². The second kappa shape index (κ2) is 7.81. The minimum absolute atomic E-state index is 0.0260. The number of nitrogens with two attached hydrogens (primary N) is 1. The summed E-state index contributed by atoms with van der Waals surface area (Å²) in [7, 11) is 0. The van der Waals surface area contributed by atoms with Gasteiger partial charge in [0.2, 0.25) is 0 Å². The predicted octanol–water partition coefficient (Wildman–Crippen LogP) is 2.78. The lowest BCUT2D eigenvalue weighted by Gasteiger charge is -2.33. The van der Waals surface area contributed by atoms with Crippen molar-refractivity contribution in [1.29, 1.82) is 0 Å². The van der Waals surface area contributed by atoms with Gasteiger partial charge in [-0.05, 0) is 33.8 Å². The van der Waals surface area contributed by atoms with Gasteiger partial charge < -0.3 is 20.1 Å². The summed E-state index contributed by atoms with van der Waals surface area (Å²) in [5, 5.41) is 11.1. The Balaban J connectivity index is 2.07. The third-order valence-electron chi connectivity index (χ3n) is 4.15. The summed E-state index contributed by atoms with van der Waals surface area (Å²) in [6, 6.07) is 2.60. The highest BCUT2D eigenvalue weighted by Crippen LogP contribution is 2.30. The van der Waals surface area contributed by atoms with Crippen LogP contribution in [0.1, 0.15) is 49.5 Å². The van der Waals surface area contributed by atoms with E-state index < -0.39 is 16.4 Å². The third-order valence-corrected chi connectivity index (χ3v) is 4.15. The topological polar surface area (TPSA) is 125 Å². The number of hydrogen-bond donors (Lipinski definition) is 1. The van der Waals surface area contributed by atoms with Gasteiger partial charge in [0.1, 0.15) is 17.5 Å². The molecule has 2 rings (SSSR count). The van der Waals surface area contributed by atoms with E-state index in [1.54, 1.807) is 11.8 Å². The number of amides is 2. The molecule has 1 aliphatic rings. The zero-order chi connectivity index (χ0) is 20.4. The number of rotatable bonds is 4.